The summed E-state index contributed by atoms with van der Waals surface area (Å²) in [5, 5.41) is 0. The van der Waals surface area contributed by atoms with Gasteiger partial charge in [0.2, 0.25) is 11.8 Å². The molecular formula is C17H30N2O2. The van der Waals surface area contributed by atoms with E-state index in [1.165, 1.54) is 25.7 Å². The zero-order valence-electron chi connectivity index (χ0n) is 13.5. The summed E-state index contributed by atoms with van der Waals surface area (Å²) in [6, 6.07) is 0. The van der Waals surface area contributed by atoms with E-state index < -0.39 is 0 Å². The molecule has 120 valence electrons. The van der Waals surface area contributed by atoms with Crippen molar-refractivity contribution < 1.29 is 9.59 Å². The highest BCUT2D eigenvalue weighted by atomic mass is 16.2. The Kier molecular flexibility index (Phi) is 6.52. The molecule has 0 spiro atoms. The average molecular weight is 294 g/mol. The highest BCUT2D eigenvalue weighted by Crippen LogP contribution is 2.28. The van der Waals surface area contributed by atoms with E-state index in [1.54, 1.807) is 0 Å². The summed E-state index contributed by atoms with van der Waals surface area (Å²) >= 11 is 0. The number of nitrogens with zero attached hydrogens (tertiary/aromatic N) is 2. The number of hydrogen-bond donors (Lipinski definition) is 0. The quantitative estimate of drug-likeness (QED) is 0.756. The van der Waals surface area contributed by atoms with E-state index in [0.717, 1.165) is 51.4 Å². The zero-order valence-corrected chi connectivity index (χ0v) is 13.5. The molecule has 0 aromatic heterocycles. The third kappa shape index (κ3) is 5.01. The van der Waals surface area contributed by atoms with Crippen molar-refractivity contribution in [1.29, 1.82) is 0 Å². The monoisotopic (exact) mass is 294 g/mol. The minimum Gasteiger partial charge on any atom is -0.339 e. The number of amides is 2. The molecule has 2 amide bonds. The molecule has 0 atom stereocenters. The Hall–Kier alpha value is -1.06. The summed E-state index contributed by atoms with van der Waals surface area (Å²) in [4.78, 5) is 28.1. The van der Waals surface area contributed by atoms with Crippen LogP contribution in [0.3, 0.4) is 0 Å². The molecule has 4 nitrogen and oxygen atoms in total. The second-order valence-electron chi connectivity index (χ2n) is 6.55. The van der Waals surface area contributed by atoms with Crippen LogP contribution in [0.1, 0.15) is 64.7 Å². The van der Waals surface area contributed by atoms with Crippen molar-refractivity contribution in [2.75, 3.05) is 26.2 Å². The van der Waals surface area contributed by atoms with Crippen LogP contribution >= 0.6 is 0 Å². The van der Waals surface area contributed by atoms with E-state index in [9.17, 15) is 9.59 Å². The number of hydrogen-bond acceptors (Lipinski definition) is 2. The molecule has 2 fully saturated rings. The van der Waals surface area contributed by atoms with Crippen LogP contribution in [0.15, 0.2) is 0 Å². The topological polar surface area (TPSA) is 40.6 Å². The molecule has 2 rings (SSSR count). The molecule has 0 bridgehead atoms. The smallest absolute Gasteiger partial charge is 0.222 e. The number of carbonyl (C=O) groups is 2. The third-order valence-electron chi connectivity index (χ3n) is 4.97. The molecule has 0 aromatic carbocycles. The lowest BCUT2D eigenvalue weighted by molar-refractivity contribution is -0.139. The lowest BCUT2D eigenvalue weighted by atomic mass is 10.0. The van der Waals surface area contributed by atoms with Crippen LogP contribution in [0.25, 0.3) is 0 Å². The summed E-state index contributed by atoms with van der Waals surface area (Å²) in [7, 11) is 0. The fraction of sp³-hybridized carbons (Fsp3) is 0.882. The van der Waals surface area contributed by atoms with E-state index >= 15 is 0 Å². The highest BCUT2D eigenvalue weighted by Gasteiger charge is 2.24. The second-order valence-corrected chi connectivity index (χ2v) is 6.55. The molecule has 0 unspecified atom stereocenters. The Morgan fingerprint density at radius 1 is 0.905 bits per heavy atom. The maximum absolute atomic E-state index is 12.2. The van der Waals surface area contributed by atoms with Crippen LogP contribution < -0.4 is 0 Å². The van der Waals surface area contributed by atoms with E-state index in [4.69, 9.17) is 0 Å². The van der Waals surface area contributed by atoms with Crippen molar-refractivity contribution in [3.05, 3.63) is 0 Å². The molecule has 4 heteroatoms. The maximum atomic E-state index is 12.2. The molecule has 0 N–H and O–H groups in total. The van der Waals surface area contributed by atoms with Gasteiger partial charge in [-0.05, 0) is 18.8 Å². The molecular weight excluding hydrogens is 264 g/mol. The Morgan fingerprint density at radius 3 is 1.95 bits per heavy atom. The fourth-order valence-corrected chi connectivity index (χ4v) is 3.48. The first kappa shape index (κ1) is 16.3. The molecule has 1 aliphatic heterocycles. The number of piperazine rings is 1. The molecule has 0 radical (unpaired) electrons. The predicted octanol–water partition coefficient (Wildman–Crippen LogP) is 2.82. The van der Waals surface area contributed by atoms with Gasteiger partial charge in [0.1, 0.15) is 0 Å². The van der Waals surface area contributed by atoms with Crippen LogP contribution in [0, 0.1) is 5.92 Å². The van der Waals surface area contributed by atoms with Crippen LogP contribution in [-0.4, -0.2) is 47.8 Å². The normalized spacial score (nSPS) is 20.0. The first-order valence-corrected chi connectivity index (χ1v) is 8.76. The fourth-order valence-electron chi connectivity index (χ4n) is 3.48. The van der Waals surface area contributed by atoms with E-state index in [0.29, 0.717) is 18.7 Å². The van der Waals surface area contributed by atoms with Gasteiger partial charge >= 0.3 is 0 Å². The molecule has 21 heavy (non-hydrogen) atoms. The number of rotatable bonds is 6. The van der Waals surface area contributed by atoms with Crippen molar-refractivity contribution in [2.45, 2.75) is 64.7 Å². The van der Waals surface area contributed by atoms with Gasteiger partial charge in [-0.2, -0.15) is 0 Å². The van der Waals surface area contributed by atoms with Crippen molar-refractivity contribution in [1.82, 2.24) is 9.80 Å². The first-order valence-electron chi connectivity index (χ1n) is 8.76. The summed E-state index contributed by atoms with van der Waals surface area (Å²) < 4.78 is 0. The van der Waals surface area contributed by atoms with E-state index in [1.807, 2.05) is 9.80 Å². The van der Waals surface area contributed by atoms with Crippen LogP contribution in [0.4, 0.5) is 0 Å². The summed E-state index contributed by atoms with van der Waals surface area (Å²) in [5.41, 5.74) is 0. The Balaban J connectivity index is 1.65. The Bertz CT molecular complexity index is 343. The first-order chi connectivity index (χ1) is 10.2. The van der Waals surface area contributed by atoms with Crippen LogP contribution in [0.5, 0.6) is 0 Å². The van der Waals surface area contributed by atoms with Crippen LogP contribution in [-0.2, 0) is 9.59 Å². The van der Waals surface area contributed by atoms with Gasteiger partial charge in [-0.1, -0.05) is 39.0 Å². The lowest BCUT2D eigenvalue weighted by Crippen LogP contribution is -2.50. The zero-order chi connectivity index (χ0) is 15.1. The maximum Gasteiger partial charge on any atom is 0.222 e. The van der Waals surface area contributed by atoms with Crippen molar-refractivity contribution in [3.8, 4) is 0 Å². The second kappa shape index (κ2) is 8.40. The van der Waals surface area contributed by atoms with Gasteiger partial charge in [-0.3, -0.25) is 9.59 Å². The van der Waals surface area contributed by atoms with Gasteiger partial charge in [0.25, 0.3) is 0 Å². The van der Waals surface area contributed by atoms with Gasteiger partial charge in [-0.25, -0.2) is 0 Å². The summed E-state index contributed by atoms with van der Waals surface area (Å²) in [6.07, 6.45) is 9.77. The molecule has 1 saturated carbocycles. The van der Waals surface area contributed by atoms with Gasteiger partial charge in [0, 0.05) is 39.0 Å². The van der Waals surface area contributed by atoms with Crippen molar-refractivity contribution >= 4 is 11.8 Å². The SMILES string of the molecule is CCCCC(=O)N1CCN(C(=O)CCC2CCCC2)CC1. The van der Waals surface area contributed by atoms with Crippen molar-refractivity contribution in [3.63, 3.8) is 0 Å². The predicted molar refractivity (Wildman–Crippen MR) is 83.9 cm³/mol. The van der Waals surface area contributed by atoms with Gasteiger partial charge in [0.15, 0.2) is 0 Å². The summed E-state index contributed by atoms with van der Waals surface area (Å²) in [6.45, 7) is 4.99. The Morgan fingerprint density at radius 2 is 1.43 bits per heavy atom. The minimum atomic E-state index is 0.259. The summed E-state index contributed by atoms with van der Waals surface area (Å²) in [5.74, 6) is 1.34. The minimum absolute atomic E-state index is 0.259. The van der Waals surface area contributed by atoms with Crippen molar-refractivity contribution in [2.24, 2.45) is 5.92 Å². The van der Waals surface area contributed by atoms with E-state index in [2.05, 4.69) is 6.92 Å². The number of unbranched alkanes of at least 4 members (excludes halogenated alkanes) is 1. The third-order valence-corrected chi connectivity index (χ3v) is 4.97. The number of carbonyl (C=O) groups excluding carboxylic acids is 2. The average Bonchev–Trinajstić information content (AvgIpc) is 3.04. The molecule has 1 aliphatic carbocycles. The standard InChI is InChI=1S/C17H30N2O2/c1-2-3-8-16(20)18-11-13-19(14-12-18)17(21)10-9-15-6-4-5-7-15/h15H,2-14H2,1H3. The van der Waals surface area contributed by atoms with E-state index in [-0.39, 0.29) is 5.91 Å². The Labute approximate surface area is 128 Å². The van der Waals surface area contributed by atoms with Gasteiger partial charge < -0.3 is 9.80 Å². The molecule has 2 aliphatic rings. The lowest BCUT2D eigenvalue weighted by Gasteiger charge is -2.35. The molecule has 1 heterocycles. The van der Waals surface area contributed by atoms with Crippen LogP contribution in [0.2, 0.25) is 0 Å². The van der Waals surface area contributed by atoms with Gasteiger partial charge in [-0.15, -0.1) is 0 Å². The molecule has 0 aromatic rings. The molecule has 1 saturated heterocycles. The highest BCUT2D eigenvalue weighted by molar-refractivity contribution is 5.78. The van der Waals surface area contributed by atoms with Gasteiger partial charge in [0.05, 0.1) is 0 Å². The largest absolute Gasteiger partial charge is 0.339 e.